The first kappa shape index (κ1) is 87.9. The number of fused-ring (bicyclic) bond motifs is 4. The molecule has 12 amide bonds. The van der Waals surface area contributed by atoms with Crippen molar-refractivity contribution in [1.82, 2.24) is 68.0 Å². The summed E-state index contributed by atoms with van der Waals surface area (Å²) in [6.07, 6.45) is -0.0402. The van der Waals surface area contributed by atoms with Crippen LogP contribution in [0.2, 0.25) is 0 Å². The maximum Gasteiger partial charge on any atom is 0.303 e. The summed E-state index contributed by atoms with van der Waals surface area (Å²) in [4.78, 5) is 196. The van der Waals surface area contributed by atoms with Gasteiger partial charge in [-0.2, -0.15) is 23.5 Å². The summed E-state index contributed by atoms with van der Waals surface area (Å²) in [6.45, 7) is 18.3. The number of thioether (sulfide) groups is 2. The number of phenolic OH excluding ortho intramolecular Hbond substituents is 2. The number of carbonyl (C=O) groups is 13. The number of amides is 12. The molecule has 7 rings (SSSR count). The van der Waals surface area contributed by atoms with E-state index in [1.54, 1.807) is 78.9 Å². The summed E-state index contributed by atoms with van der Waals surface area (Å²) in [7, 11) is 0. The monoisotopic (exact) mass is 1570 g/mol. The first-order valence-electron chi connectivity index (χ1n) is 36.9. The second-order valence-corrected chi connectivity index (χ2v) is 33.1. The predicted molar refractivity (Wildman–Crippen MR) is 417 cm³/mol. The van der Waals surface area contributed by atoms with Crippen LogP contribution in [0.25, 0.3) is 11.0 Å². The fraction of sp³-hybridized carbons (Fsp3) is 0.513. The number of primary amides is 1. The number of carboxylic acids is 1. The lowest BCUT2D eigenvalue weighted by Crippen LogP contribution is -2.67. The number of nitrogens with two attached hydrogens (primary N) is 1. The molecule has 2 aromatic heterocycles. The minimum atomic E-state index is -2.02. The van der Waals surface area contributed by atoms with Crippen LogP contribution < -0.4 is 58.9 Å². The fourth-order valence-electron chi connectivity index (χ4n) is 12.6. The summed E-state index contributed by atoms with van der Waals surface area (Å²) >= 11 is 2.71. The lowest BCUT2D eigenvalue weighted by molar-refractivity contribution is -0.144. The van der Waals surface area contributed by atoms with E-state index < -0.39 is 178 Å². The Bertz CT molecular complexity index is 4210. The number of aromatic hydroxyl groups is 2. The van der Waals surface area contributed by atoms with Crippen LogP contribution in [0.4, 0.5) is 0 Å². The van der Waals surface area contributed by atoms with Crippen LogP contribution in [-0.2, 0) is 93.1 Å². The van der Waals surface area contributed by atoms with E-state index in [0.29, 0.717) is 51.4 Å². The Labute approximate surface area is 653 Å². The van der Waals surface area contributed by atoms with Crippen molar-refractivity contribution >= 4 is 111 Å². The SMILES string of the molecule is CC(C)[C@]1(C)NC(=O)[C@H](Cc2ccc(O)cc2)NC(=O)[C@H](CCC(=O)O)NC(=O)C(C)(C)NC(=O)[C@H](Cc2c[nH]c3ncccc23)NC(=O)[C@](C)(C(C)C)NC(=O)[C@@H]2CCCN2C(=O)[C@H](Cc2ccc(O)cc2)NC(=O)[C@H](C(C)(C)C)NC(=O)CCSCc2cccc(c2)CSC[C@@H](C(N)=O)NC(=O)[C@H]([C@H](C)O)NC1=O. The van der Waals surface area contributed by atoms with Crippen LogP contribution in [0.1, 0.15) is 143 Å². The molecule has 0 spiro atoms. The van der Waals surface area contributed by atoms with Gasteiger partial charge in [0.1, 0.15) is 82.1 Å². The van der Waals surface area contributed by atoms with Crippen LogP contribution in [0.5, 0.6) is 11.5 Å². The molecule has 17 N–H and O–H groups in total. The molecule has 2 bridgehead atoms. The highest BCUT2D eigenvalue weighted by Gasteiger charge is 2.48. The number of hydrogen-bond donors (Lipinski definition) is 16. The van der Waals surface area contributed by atoms with Gasteiger partial charge in [-0.3, -0.25) is 62.3 Å². The molecular formula is C78H106N14O17S2. The van der Waals surface area contributed by atoms with Gasteiger partial charge in [-0.05, 0) is 135 Å². The Morgan fingerprint density at radius 3 is 1.75 bits per heavy atom. The van der Waals surface area contributed by atoms with E-state index in [9.17, 15) is 63.6 Å². The third-order valence-corrected chi connectivity index (χ3v) is 22.3. The van der Waals surface area contributed by atoms with Gasteiger partial charge in [-0.25, -0.2) is 4.98 Å². The lowest BCUT2D eigenvalue weighted by Gasteiger charge is -2.37. The Morgan fingerprint density at radius 1 is 0.622 bits per heavy atom. The molecule has 0 radical (unpaired) electrons. The van der Waals surface area contributed by atoms with Gasteiger partial charge in [0, 0.05) is 79.4 Å². The summed E-state index contributed by atoms with van der Waals surface area (Å²) in [5.74, 6) is -12.5. The van der Waals surface area contributed by atoms with E-state index in [4.69, 9.17) is 5.73 Å². The number of benzene rings is 3. The molecule has 11 atom stereocenters. The van der Waals surface area contributed by atoms with Crippen molar-refractivity contribution in [2.45, 2.75) is 217 Å². The van der Waals surface area contributed by atoms with Crippen molar-refractivity contribution < 1.29 is 82.8 Å². The highest BCUT2D eigenvalue weighted by molar-refractivity contribution is 7.98. The molecule has 3 aromatic carbocycles. The average Bonchev–Trinajstić information content (AvgIpc) is 1.77. The van der Waals surface area contributed by atoms with Crippen molar-refractivity contribution in [1.29, 1.82) is 0 Å². The van der Waals surface area contributed by atoms with Crippen molar-refractivity contribution in [3.05, 3.63) is 125 Å². The zero-order valence-corrected chi connectivity index (χ0v) is 66.3. The number of nitrogens with zero attached hydrogens (tertiary/aromatic N) is 2. The molecule has 1 saturated heterocycles. The topological polar surface area (TPSA) is 481 Å². The van der Waals surface area contributed by atoms with Crippen LogP contribution >= 0.6 is 23.5 Å². The molecule has 111 heavy (non-hydrogen) atoms. The van der Waals surface area contributed by atoms with Gasteiger partial charge in [0.2, 0.25) is 70.9 Å². The third kappa shape index (κ3) is 24.1. The van der Waals surface area contributed by atoms with Crippen LogP contribution in [0.3, 0.4) is 0 Å². The van der Waals surface area contributed by atoms with E-state index in [0.717, 1.165) is 11.1 Å². The number of pyridine rings is 1. The van der Waals surface area contributed by atoms with Gasteiger partial charge in [0.25, 0.3) is 0 Å². The number of hydrogen-bond acceptors (Lipinski definition) is 19. The van der Waals surface area contributed by atoms with Crippen molar-refractivity contribution in [3.63, 3.8) is 0 Å². The molecule has 0 saturated carbocycles. The number of phenols is 2. The second-order valence-electron chi connectivity index (χ2n) is 30.9. The van der Waals surface area contributed by atoms with E-state index in [1.807, 2.05) is 24.3 Å². The third-order valence-electron chi connectivity index (χ3n) is 20.1. The van der Waals surface area contributed by atoms with Gasteiger partial charge in [-0.1, -0.05) is 97.0 Å². The van der Waals surface area contributed by atoms with E-state index in [2.05, 4.69) is 63.1 Å². The Kier molecular flexibility index (Phi) is 30.6. The van der Waals surface area contributed by atoms with Crippen LogP contribution in [0, 0.1) is 17.3 Å². The molecule has 31 nitrogen and oxygen atoms in total. The van der Waals surface area contributed by atoms with Crippen molar-refractivity contribution in [2.75, 3.05) is 18.1 Å². The standard InChI is InChI=1S/C78H106N14O17S2/c1-42(2)77(11)73(108)86-55(37-49-38-81-64-52(49)18-14-31-80-64)66(101)89-76(9,10)72(107)85-53(28-29-60(97)98)65(100)82-54(35-45-20-24-50(94)25-21-45)67(102)90-78(12,43(3)4)74(109)88-61(44(5)93)69(104)84-57(63(79)99)41-111-40-48-17-13-16-47(34-48)39-110-33-30-59(96)87-62(75(6,7)8)70(105)83-56(36-46-22-26-51(95)27-23-46)71(106)92-32-15-19-58(92)68(103)91-77/h13-14,16-18,20-27,31,34,38,42-44,53-58,61-62,93-95H,15,19,28-30,32-33,35-37,39-41H2,1-12H3,(H2,79,99)(H,80,81)(H,82,100)(H,83,105)(H,84,104)(H,85,107)(H,86,108)(H,87,96)(H,88,109)(H,89,101)(H,90,102)(H,91,103)(H,97,98)/t44-,53-,54-,55-,56-,57-,58-,61-,62+,77-,78-/m0/s1. The molecule has 4 heterocycles. The Balaban J connectivity index is 1.25. The number of carbonyl (C=O) groups excluding carboxylic acids is 12. The quantitative estimate of drug-likeness (QED) is 0.0805. The molecule has 2 aliphatic rings. The first-order chi connectivity index (χ1) is 52.1. The predicted octanol–water partition coefficient (Wildman–Crippen LogP) is 2.69. The number of aromatic amines is 1. The van der Waals surface area contributed by atoms with Crippen LogP contribution in [0.15, 0.2) is 97.3 Å². The van der Waals surface area contributed by atoms with Gasteiger partial charge < -0.3 is 89.2 Å². The van der Waals surface area contributed by atoms with E-state index in [1.165, 1.54) is 106 Å². The average molecular weight is 1580 g/mol. The Hall–Kier alpha value is -10.3. The molecule has 0 unspecified atom stereocenters. The van der Waals surface area contributed by atoms with E-state index >= 15 is 19.2 Å². The number of aliphatic carboxylic acids is 1. The summed E-state index contributed by atoms with van der Waals surface area (Å²) in [5, 5.41) is 69.0. The van der Waals surface area contributed by atoms with Gasteiger partial charge >= 0.3 is 5.97 Å². The molecule has 5 aromatic rings. The zero-order valence-electron chi connectivity index (χ0n) is 64.7. The maximum atomic E-state index is 15.2. The first-order valence-corrected chi connectivity index (χ1v) is 39.2. The highest BCUT2D eigenvalue weighted by atomic mass is 32.2. The van der Waals surface area contributed by atoms with Gasteiger partial charge in [0.05, 0.1) is 6.10 Å². The Morgan fingerprint density at radius 2 is 1.17 bits per heavy atom. The van der Waals surface area contributed by atoms with Gasteiger partial charge in [-0.15, -0.1) is 0 Å². The number of aromatic nitrogens is 2. The maximum absolute atomic E-state index is 15.2. The van der Waals surface area contributed by atoms with Crippen LogP contribution in [-0.4, -0.2) is 201 Å². The van der Waals surface area contributed by atoms with Crippen molar-refractivity contribution in [2.24, 2.45) is 23.0 Å². The van der Waals surface area contributed by atoms with Crippen molar-refractivity contribution in [3.8, 4) is 11.5 Å². The summed E-state index contributed by atoms with van der Waals surface area (Å²) < 4.78 is 0. The molecular weight excluding hydrogens is 1470 g/mol. The van der Waals surface area contributed by atoms with E-state index in [-0.39, 0.29) is 55.9 Å². The minimum absolute atomic E-state index is 0.00267. The number of rotatable bonds is 13. The summed E-state index contributed by atoms with van der Waals surface area (Å²) in [6, 6.07) is 10.7. The molecule has 0 aliphatic carbocycles. The highest BCUT2D eigenvalue weighted by Crippen LogP contribution is 2.29. The fourth-order valence-corrected chi connectivity index (χ4v) is 14.5. The largest absolute Gasteiger partial charge is 0.508 e. The normalized spacial score (nSPS) is 25.3. The number of H-pyrrole nitrogens is 1. The van der Waals surface area contributed by atoms with Gasteiger partial charge in [0.15, 0.2) is 0 Å². The number of nitrogens with one attached hydrogen (secondary N) is 11. The number of aliphatic hydroxyl groups is 1. The molecule has 602 valence electrons. The summed E-state index contributed by atoms with van der Waals surface area (Å²) in [5.41, 5.74) is 2.60. The second kappa shape index (κ2) is 38.6. The number of carboxylic acid groups (broad SMARTS) is 1. The molecule has 1 fully saturated rings. The molecule has 33 heteroatoms. The number of aliphatic hydroxyl groups excluding tert-OH is 1. The molecule has 2 aliphatic heterocycles. The zero-order chi connectivity index (χ0) is 82.0. The lowest BCUT2D eigenvalue weighted by atomic mass is 9.85. The minimum Gasteiger partial charge on any atom is -0.508 e. The smallest absolute Gasteiger partial charge is 0.303 e.